The Kier molecular flexibility index (Phi) is 5.82. The normalized spacial score (nSPS) is 16.6. The number of hydrogen-bond donors (Lipinski definition) is 0. The molecule has 0 spiro atoms. The second-order valence-electron chi connectivity index (χ2n) is 12.4. The van der Waals surface area contributed by atoms with Crippen molar-refractivity contribution in [3.05, 3.63) is 173 Å². The van der Waals surface area contributed by atoms with Crippen molar-refractivity contribution in [3.63, 3.8) is 0 Å². The molecule has 6 aromatic rings. The number of allylic oxidation sites excluding steroid dienone is 4. The highest BCUT2D eigenvalue weighted by Gasteiger charge is 2.49. The van der Waals surface area contributed by atoms with Gasteiger partial charge in [-0.05, 0) is 87.9 Å². The second-order valence-corrected chi connectivity index (χ2v) is 12.4. The van der Waals surface area contributed by atoms with Gasteiger partial charge in [-0.1, -0.05) is 127 Å². The molecule has 0 radical (unpaired) electrons. The average Bonchev–Trinajstić information content (AvgIpc) is 3.62. The van der Waals surface area contributed by atoms with E-state index in [-0.39, 0.29) is 11.3 Å². The fraction of sp³-hybridized carbons (Fsp3) is 0.119. The van der Waals surface area contributed by atoms with Crippen LogP contribution in [0.3, 0.4) is 0 Å². The van der Waals surface area contributed by atoms with Gasteiger partial charge in [0.25, 0.3) is 0 Å². The summed E-state index contributed by atoms with van der Waals surface area (Å²) in [4.78, 5) is 14.8. The van der Waals surface area contributed by atoms with Crippen molar-refractivity contribution in [2.24, 2.45) is 5.92 Å². The minimum absolute atomic E-state index is 0.272. The third-order valence-electron chi connectivity index (χ3n) is 9.91. The molecule has 0 aliphatic heterocycles. The fourth-order valence-corrected chi connectivity index (χ4v) is 8.02. The van der Waals surface area contributed by atoms with E-state index in [2.05, 4.69) is 140 Å². The molecule has 9 rings (SSSR count). The number of benzene rings is 5. The second kappa shape index (κ2) is 10.1. The molecular weight excluding hydrogens is 546 g/mol. The molecule has 0 fully saturated rings. The molecule has 3 heteroatoms. The number of rotatable bonds is 4. The van der Waals surface area contributed by atoms with Crippen molar-refractivity contribution in [2.75, 3.05) is 0 Å². The summed E-state index contributed by atoms with van der Waals surface area (Å²) in [7, 11) is 0. The molecule has 0 N–H and O–H groups in total. The van der Waals surface area contributed by atoms with Crippen molar-refractivity contribution >= 4 is 0 Å². The highest BCUT2D eigenvalue weighted by molar-refractivity contribution is 5.84. The topological polar surface area (TPSA) is 38.7 Å². The van der Waals surface area contributed by atoms with E-state index < -0.39 is 0 Å². The maximum atomic E-state index is 5.09. The fourth-order valence-electron chi connectivity index (χ4n) is 8.02. The molecule has 3 aliphatic rings. The van der Waals surface area contributed by atoms with Crippen LogP contribution in [0.25, 0.3) is 45.0 Å². The standard InChI is InChI=1S/C42H31N3/c1-27-43-40(45-41(44-27)30-22-23-35-31(25-30)24-28-12-5-6-17-34(28)35)29-13-11-16-33(26-29)42(32-14-3-2-4-15-32)38-20-9-7-18-36(38)37-19-8-10-21-39(37)42/h2-14,16-23,25-26,32H,15,24H2,1H3. The highest BCUT2D eigenvalue weighted by atomic mass is 15.0. The number of aromatic nitrogens is 3. The Balaban J connectivity index is 1.19. The molecule has 0 amide bonds. The third kappa shape index (κ3) is 3.93. The van der Waals surface area contributed by atoms with Crippen molar-refractivity contribution in [2.45, 2.75) is 25.2 Å². The van der Waals surface area contributed by atoms with E-state index in [0.29, 0.717) is 11.6 Å². The zero-order chi connectivity index (χ0) is 30.0. The van der Waals surface area contributed by atoms with Crippen LogP contribution in [0.2, 0.25) is 0 Å². The lowest BCUT2D eigenvalue weighted by Gasteiger charge is -2.39. The first kappa shape index (κ1) is 26.0. The van der Waals surface area contributed by atoms with Crippen molar-refractivity contribution in [1.82, 2.24) is 15.0 Å². The molecule has 0 saturated carbocycles. The first-order chi connectivity index (χ1) is 22.2. The van der Waals surface area contributed by atoms with Gasteiger partial charge in [-0.15, -0.1) is 0 Å². The van der Waals surface area contributed by atoms with Crippen LogP contribution in [0.1, 0.15) is 40.1 Å². The quantitative estimate of drug-likeness (QED) is 0.209. The Morgan fingerprint density at radius 3 is 1.98 bits per heavy atom. The summed E-state index contributed by atoms with van der Waals surface area (Å²) in [5, 5.41) is 0. The van der Waals surface area contributed by atoms with Crippen LogP contribution < -0.4 is 0 Å². The Bertz CT molecular complexity index is 2160. The van der Waals surface area contributed by atoms with E-state index in [1.165, 1.54) is 50.1 Å². The van der Waals surface area contributed by atoms with Gasteiger partial charge in [0.15, 0.2) is 11.6 Å². The maximum absolute atomic E-state index is 5.09. The Hall–Kier alpha value is -5.41. The molecule has 45 heavy (non-hydrogen) atoms. The van der Waals surface area contributed by atoms with Crippen LogP contribution in [-0.4, -0.2) is 15.0 Å². The van der Waals surface area contributed by atoms with E-state index in [1.807, 2.05) is 6.92 Å². The molecular formula is C42H31N3. The molecule has 1 unspecified atom stereocenters. The zero-order valence-corrected chi connectivity index (χ0v) is 25.1. The SMILES string of the molecule is Cc1nc(-c2cccc(C3(C4C=CC=CC4)c4ccccc4-c4ccccc43)c2)nc(-c2ccc3c(c2)Cc2ccccc2-3)n1. The summed E-state index contributed by atoms with van der Waals surface area (Å²) < 4.78 is 0. The van der Waals surface area contributed by atoms with Gasteiger partial charge in [0.2, 0.25) is 0 Å². The molecule has 214 valence electrons. The minimum Gasteiger partial charge on any atom is -0.213 e. The van der Waals surface area contributed by atoms with E-state index in [1.54, 1.807) is 0 Å². The highest BCUT2D eigenvalue weighted by Crippen LogP contribution is 2.58. The number of hydrogen-bond acceptors (Lipinski definition) is 3. The van der Waals surface area contributed by atoms with Gasteiger partial charge in [-0.25, -0.2) is 15.0 Å². The first-order valence-corrected chi connectivity index (χ1v) is 15.8. The van der Waals surface area contributed by atoms with Crippen LogP contribution in [-0.2, 0) is 11.8 Å². The molecule has 5 aromatic carbocycles. The van der Waals surface area contributed by atoms with E-state index in [0.717, 1.165) is 29.8 Å². The Labute approximate surface area is 263 Å². The predicted molar refractivity (Wildman–Crippen MR) is 182 cm³/mol. The number of aryl methyl sites for hydroxylation is 1. The van der Waals surface area contributed by atoms with Crippen LogP contribution in [0.4, 0.5) is 0 Å². The summed E-state index contributed by atoms with van der Waals surface area (Å²) in [5.41, 5.74) is 13.7. The lowest BCUT2D eigenvalue weighted by atomic mass is 9.62. The van der Waals surface area contributed by atoms with Gasteiger partial charge in [0.1, 0.15) is 5.82 Å². The van der Waals surface area contributed by atoms with Gasteiger partial charge in [0.05, 0.1) is 5.41 Å². The monoisotopic (exact) mass is 577 g/mol. The van der Waals surface area contributed by atoms with Crippen molar-refractivity contribution in [3.8, 4) is 45.0 Å². The molecule has 1 aromatic heterocycles. The summed E-state index contributed by atoms with van der Waals surface area (Å²) in [5.74, 6) is 2.41. The zero-order valence-electron chi connectivity index (χ0n) is 25.1. The third-order valence-corrected chi connectivity index (χ3v) is 9.91. The largest absolute Gasteiger partial charge is 0.213 e. The number of nitrogens with zero attached hydrogens (tertiary/aromatic N) is 3. The van der Waals surface area contributed by atoms with E-state index >= 15 is 0 Å². The summed E-state index contributed by atoms with van der Waals surface area (Å²) >= 11 is 0. The summed E-state index contributed by atoms with van der Waals surface area (Å²) in [6, 6.07) is 42.1. The minimum atomic E-state index is -0.329. The summed E-state index contributed by atoms with van der Waals surface area (Å²) in [6.45, 7) is 1.96. The number of fused-ring (bicyclic) bond motifs is 6. The molecule has 3 nitrogen and oxygen atoms in total. The maximum Gasteiger partial charge on any atom is 0.163 e. The van der Waals surface area contributed by atoms with Crippen LogP contribution in [0.15, 0.2) is 140 Å². The van der Waals surface area contributed by atoms with Gasteiger partial charge < -0.3 is 0 Å². The van der Waals surface area contributed by atoms with Gasteiger partial charge >= 0.3 is 0 Å². The van der Waals surface area contributed by atoms with Gasteiger partial charge in [-0.2, -0.15) is 0 Å². The van der Waals surface area contributed by atoms with Crippen LogP contribution >= 0.6 is 0 Å². The first-order valence-electron chi connectivity index (χ1n) is 15.8. The lowest BCUT2D eigenvalue weighted by molar-refractivity contribution is 0.457. The van der Waals surface area contributed by atoms with Crippen molar-refractivity contribution in [1.29, 1.82) is 0 Å². The Morgan fingerprint density at radius 2 is 1.24 bits per heavy atom. The van der Waals surface area contributed by atoms with Gasteiger partial charge in [-0.3, -0.25) is 0 Å². The molecule has 3 aliphatic carbocycles. The molecule has 0 bridgehead atoms. The Morgan fingerprint density at radius 1 is 0.578 bits per heavy atom. The predicted octanol–water partition coefficient (Wildman–Crippen LogP) is 9.53. The smallest absolute Gasteiger partial charge is 0.163 e. The molecule has 1 atom stereocenters. The van der Waals surface area contributed by atoms with Crippen LogP contribution in [0.5, 0.6) is 0 Å². The van der Waals surface area contributed by atoms with Crippen LogP contribution in [0, 0.1) is 12.8 Å². The van der Waals surface area contributed by atoms with E-state index in [9.17, 15) is 0 Å². The van der Waals surface area contributed by atoms with Crippen molar-refractivity contribution < 1.29 is 0 Å². The van der Waals surface area contributed by atoms with Gasteiger partial charge in [0, 0.05) is 11.1 Å². The molecule has 1 heterocycles. The molecule has 0 saturated heterocycles. The lowest BCUT2D eigenvalue weighted by Crippen LogP contribution is -2.35. The average molecular weight is 578 g/mol. The van der Waals surface area contributed by atoms with E-state index in [4.69, 9.17) is 15.0 Å². The summed E-state index contributed by atoms with van der Waals surface area (Å²) in [6.07, 6.45) is 11.0.